The highest BCUT2D eigenvalue weighted by Gasteiger charge is 1.98. The smallest absolute Gasteiger partial charge is 0.330 e. The van der Waals surface area contributed by atoms with Crippen molar-refractivity contribution in [3.05, 3.63) is 53.5 Å². The monoisotopic (exact) mass is 248 g/mol. The Balaban J connectivity index is 2.59. The largest absolute Gasteiger partial charge is 0.463 e. The van der Waals surface area contributed by atoms with E-state index in [0.717, 1.165) is 9.80 Å². The molecular weight excluding hydrogens is 232 g/mol. The number of allylic oxidation sites excluding steroid dienone is 2. The highest BCUT2D eigenvalue weighted by Crippen LogP contribution is 2.26. The van der Waals surface area contributed by atoms with Gasteiger partial charge in [-0.15, -0.1) is 0 Å². The SMILES string of the molecule is CC=C(/C=C/C(=O)OCC)Sc1ccccc1. The van der Waals surface area contributed by atoms with Crippen molar-refractivity contribution < 1.29 is 9.53 Å². The van der Waals surface area contributed by atoms with Crippen LogP contribution in [0.1, 0.15) is 13.8 Å². The Morgan fingerprint density at radius 3 is 2.59 bits per heavy atom. The number of carbonyl (C=O) groups excluding carboxylic acids is 1. The lowest BCUT2D eigenvalue weighted by molar-refractivity contribution is -0.137. The summed E-state index contributed by atoms with van der Waals surface area (Å²) in [4.78, 5) is 13.3. The first-order valence-electron chi connectivity index (χ1n) is 5.50. The fraction of sp³-hybridized carbons (Fsp3) is 0.214. The van der Waals surface area contributed by atoms with Crippen molar-refractivity contribution in [2.75, 3.05) is 6.61 Å². The van der Waals surface area contributed by atoms with E-state index in [9.17, 15) is 4.79 Å². The van der Waals surface area contributed by atoms with Gasteiger partial charge in [-0.3, -0.25) is 0 Å². The van der Waals surface area contributed by atoms with Crippen LogP contribution in [0.25, 0.3) is 0 Å². The lowest BCUT2D eigenvalue weighted by Crippen LogP contribution is -1.98. The molecule has 0 aliphatic heterocycles. The molecule has 2 nitrogen and oxygen atoms in total. The van der Waals surface area contributed by atoms with Gasteiger partial charge in [0.2, 0.25) is 0 Å². The molecule has 0 saturated carbocycles. The molecule has 1 aromatic carbocycles. The van der Waals surface area contributed by atoms with Gasteiger partial charge >= 0.3 is 5.97 Å². The molecular formula is C14H16O2S. The van der Waals surface area contributed by atoms with Crippen molar-refractivity contribution in [1.29, 1.82) is 0 Å². The van der Waals surface area contributed by atoms with Crippen LogP contribution in [0, 0.1) is 0 Å². The second-order valence-corrected chi connectivity index (χ2v) is 4.34. The first-order chi connectivity index (χ1) is 8.26. The molecule has 0 aromatic heterocycles. The van der Waals surface area contributed by atoms with E-state index in [-0.39, 0.29) is 5.97 Å². The van der Waals surface area contributed by atoms with Crippen LogP contribution in [0.3, 0.4) is 0 Å². The van der Waals surface area contributed by atoms with Crippen LogP contribution in [0.4, 0.5) is 0 Å². The Labute approximate surface area is 106 Å². The van der Waals surface area contributed by atoms with Gasteiger partial charge in [-0.05, 0) is 32.1 Å². The average Bonchev–Trinajstić information content (AvgIpc) is 2.36. The van der Waals surface area contributed by atoms with E-state index >= 15 is 0 Å². The molecule has 0 aliphatic rings. The summed E-state index contributed by atoms with van der Waals surface area (Å²) in [7, 11) is 0. The summed E-state index contributed by atoms with van der Waals surface area (Å²) in [5, 5.41) is 0. The number of esters is 1. The summed E-state index contributed by atoms with van der Waals surface area (Å²) in [6.45, 7) is 4.14. The van der Waals surface area contributed by atoms with E-state index in [1.807, 2.05) is 43.3 Å². The van der Waals surface area contributed by atoms with Gasteiger partial charge in [0.1, 0.15) is 0 Å². The van der Waals surface area contributed by atoms with Crippen molar-refractivity contribution in [2.24, 2.45) is 0 Å². The number of carbonyl (C=O) groups is 1. The van der Waals surface area contributed by atoms with Crippen LogP contribution < -0.4 is 0 Å². The molecule has 0 saturated heterocycles. The van der Waals surface area contributed by atoms with Gasteiger partial charge in [0, 0.05) is 15.9 Å². The molecule has 90 valence electrons. The lowest BCUT2D eigenvalue weighted by atomic mass is 10.4. The van der Waals surface area contributed by atoms with Crippen molar-refractivity contribution >= 4 is 17.7 Å². The molecule has 0 amide bonds. The highest BCUT2D eigenvalue weighted by atomic mass is 32.2. The lowest BCUT2D eigenvalue weighted by Gasteiger charge is -2.01. The molecule has 0 spiro atoms. The predicted molar refractivity (Wildman–Crippen MR) is 71.8 cm³/mol. The van der Waals surface area contributed by atoms with E-state index in [4.69, 9.17) is 4.74 Å². The molecule has 0 aliphatic carbocycles. The van der Waals surface area contributed by atoms with Gasteiger partial charge in [-0.2, -0.15) is 0 Å². The van der Waals surface area contributed by atoms with Crippen LogP contribution in [-0.4, -0.2) is 12.6 Å². The van der Waals surface area contributed by atoms with Gasteiger partial charge in [0.15, 0.2) is 0 Å². The molecule has 0 radical (unpaired) electrons. The summed E-state index contributed by atoms with van der Waals surface area (Å²) in [5.41, 5.74) is 0. The first kappa shape index (κ1) is 13.6. The first-order valence-corrected chi connectivity index (χ1v) is 6.32. The normalized spacial score (nSPS) is 11.8. The molecule has 0 bridgehead atoms. The zero-order valence-electron chi connectivity index (χ0n) is 10.1. The third-order valence-electron chi connectivity index (χ3n) is 1.93. The van der Waals surface area contributed by atoms with Crippen LogP contribution in [0.5, 0.6) is 0 Å². The minimum Gasteiger partial charge on any atom is -0.463 e. The Hall–Kier alpha value is -1.48. The maximum Gasteiger partial charge on any atom is 0.330 e. The number of benzene rings is 1. The van der Waals surface area contributed by atoms with Crippen LogP contribution in [0.15, 0.2) is 58.4 Å². The van der Waals surface area contributed by atoms with Gasteiger partial charge in [-0.25, -0.2) is 4.79 Å². The average molecular weight is 248 g/mol. The standard InChI is InChI=1S/C14H16O2S/c1-3-12(10-11-14(15)16-4-2)17-13-8-6-5-7-9-13/h3,5-11H,4H2,1-2H3/b11-10+,12-3?. The number of thioether (sulfide) groups is 1. The fourth-order valence-corrected chi connectivity index (χ4v) is 1.97. The summed E-state index contributed by atoms with van der Waals surface area (Å²) >= 11 is 1.62. The molecule has 0 heterocycles. The third-order valence-corrected chi connectivity index (χ3v) is 3.05. The summed E-state index contributed by atoms with van der Waals surface area (Å²) in [6.07, 6.45) is 5.19. The number of ether oxygens (including phenoxy) is 1. The maximum atomic E-state index is 11.2. The van der Waals surface area contributed by atoms with Crippen LogP contribution in [-0.2, 0) is 9.53 Å². The van der Waals surface area contributed by atoms with E-state index in [1.165, 1.54) is 6.08 Å². The molecule has 1 aromatic rings. The molecule has 0 fully saturated rings. The van der Waals surface area contributed by atoms with Crippen LogP contribution >= 0.6 is 11.8 Å². The Bertz CT molecular complexity index is 407. The van der Waals surface area contributed by atoms with Crippen molar-refractivity contribution in [3.63, 3.8) is 0 Å². The number of hydrogen-bond donors (Lipinski definition) is 0. The maximum absolute atomic E-state index is 11.2. The van der Waals surface area contributed by atoms with Crippen LogP contribution in [0.2, 0.25) is 0 Å². The molecule has 3 heteroatoms. The zero-order valence-corrected chi connectivity index (χ0v) is 10.9. The van der Waals surface area contributed by atoms with Gasteiger partial charge in [-0.1, -0.05) is 36.0 Å². The Morgan fingerprint density at radius 2 is 2.00 bits per heavy atom. The fourth-order valence-electron chi connectivity index (χ4n) is 1.15. The number of hydrogen-bond acceptors (Lipinski definition) is 3. The predicted octanol–water partition coefficient (Wildman–Crippen LogP) is 3.80. The quantitative estimate of drug-likeness (QED) is 0.343. The van der Waals surface area contributed by atoms with Crippen molar-refractivity contribution in [1.82, 2.24) is 0 Å². The van der Waals surface area contributed by atoms with Crippen molar-refractivity contribution in [3.8, 4) is 0 Å². The Kier molecular flexibility index (Phi) is 6.18. The van der Waals surface area contributed by atoms with E-state index in [0.29, 0.717) is 6.61 Å². The summed E-state index contributed by atoms with van der Waals surface area (Å²) in [6, 6.07) is 10.0. The molecule has 1 rings (SSSR count). The molecule has 0 atom stereocenters. The van der Waals surface area contributed by atoms with E-state index in [2.05, 4.69) is 0 Å². The van der Waals surface area contributed by atoms with Crippen molar-refractivity contribution in [2.45, 2.75) is 18.7 Å². The molecule has 17 heavy (non-hydrogen) atoms. The zero-order chi connectivity index (χ0) is 12.5. The van der Waals surface area contributed by atoms with E-state index in [1.54, 1.807) is 24.8 Å². The Morgan fingerprint density at radius 1 is 1.29 bits per heavy atom. The minimum absolute atomic E-state index is 0.305. The molecule has 0 N–H and O–H groups in total. The van der Waals surface area contributed by atoms with Gasteiger partial charge in [0.05, 0.1) is 6.61 Å². The third kappa shape index (κ3) is 5.41. The van der Waals surface area contributed by atoms with E-state index < -0.39 is 0 Å². The number of rotatable bonds is 5. The highest BCUT2D eigenvalue weighted by molar-refractivity contribution is 8.03. The second kappa shape index (κ2) is 7.74. The van der Waals surface area contributed by atoms with Gasteiger partial charge in [0.25, 0.3) is 0 Å². The summed E-state index contributed by atoms with van der Waals surface area (Å²) < 4.78 is 4.82. The topological polar surface area (TPSA) is 26.3 Å². The summed E-state index contributed by atoms with van der Waals surface area (Å²) in [5.74, 6) is -0.305. The second-order valence-electron chi connectivity index (χ2n) is 3.19. The van der Waals surface area contributed by atoms with Gasteiger partial charge < -0.3 is 4.74 Å². The minimum atomic E-state index is -0.305. The molecule has 0 unspecified atom stereocenters.